The highest BCUT2D eigenvalue weighted by atomic mass is 19.1. The summed E-state index contributed by atoms with van der Waals surface area (Å²) in [6.45, 7) is 0. The molecule has 0 fully saturated rings. The first kappa shape index (κ1) is 11.1. The van der Waals surface area contributed by atoms with Crippen molar-refractivity contribution < 1.29 is 13.6 Å². The van der Waals surface area contributed by atoms with Crippen LogP contribution in [0.1, 0.15) is 5.56 Å². The van der Waals surface area contributed by atoms with Gasteiger partial charge in [-0.2, -0.15) is 5.26 Å². The maximum Gasteiger partial charge on any atom is 0.235 e. The predicted molar refractivity (Wildman–Crippen MR) is 48.4 cm³/mol. The fourth-order valence-electron chi connectivity index (χ4n) is 1.12. The summed E-state index contributed by atoms with van der Waals surface area (Å²) in [4.78, 5) is 10.7. The van der Waals surface area contributed by atoms with Gasteiger partial charge in [0.05, 0.1) is 6.07 Å². The Hall–Kier alpha value is -1.96. The molecule has 0 saturated carbocycles. The molecule has 0 saturated heterocycles. The van der Waals surface area contributed by atoms with E-state index < -0.39 is 23.5 Å². The highest BCUT2D eigenvalue weighted by molar-refractivity contribution is 5.79. The van der Waals surface area contributed by atoms with E-state index in [1.807, 2.05) is 0 Å². The zero-order valence-electron chi connectivity index (χ0n) is 7.71. The number of primary amides is 1. The third-order valence-corrected chi connectivity index (χ3v) is 1.94. The lowest BCUT2D eigenvalue weighted by atomic mass is 10.00. The smallest absolute Gasteiger partial charge is 0.235 e. The molecule has 0 aliphatic carbocycles. The number of hydrogen-bond acceptors (Lipinski definition) is 2. The molecule has 1 rings (SSSR count). The quantitative estimate of drug-likeness (QED) is 0.812. The number of rotatable bonds is 3. The van der Waals surface area contributed by atoms with Gasteiger partial charge in [0, 0.05) is 6.07 Å². The summed E-state index contributed by atoms with van der Waals surface area (Å²) in [5.41, 5.74) is 5.02. The number of halogens is 2. The zero-order valence-corrected chi connectivity index (χ0v) is 7.71. The molecule has 1 aromatic carbocycles. The number of carbonyl (C=O) groups is 1. The number of nitrogens with two attached hydrogens (primary N) is 1. The molecule has 78 valence electrons. The van der Waals surface area contributed by atoms with Crippen LogP contribution in [0.4, 0.5) is 8.78 Å². The van der Waals surface area contributed by atoms with Gasteiger partial charge in [0.25, 0.3) is 0 Å². The van der Waals surface area contributed by atoms with Gasteiger partial charge in [-0.15, -0.1) is 0 Å². The van der Waals surface area contributed by atoms with Crippen LogP contribution in [0.15, 0.2) is 18.2 Å². The van der Waals surface area contributed by atoms with E-state index >= 15 is 0 Å². The summed E-state index contributed by atoms with van der Waals surface area (Å²) < 4.78 is 25.6. The second kappa shape index (κ2) is 4.51. The Morgan fingerprint density at radius 2 is 2.20 bits per heavy atom. The highest BCUT2D eigenvalue weighted by Gasteiger charge is 2.17. The first-order chi connectivity index (χ1) is 7.04. The van der Waals surface area contributed by atoms with Crippen molar-refractivity contribution in [3.05, 3.63) is 35.4 Å². The molecule has 1 amide bonds. The van der Waals surface area contributed by atoms with Crippen LogP contribution in [0, 0.1) is 28.9 Å². The van der Waals surface area contributed by atoms with Gasteiger partial charge in [0.15, 0.2) is 0 Å². The maximum atomic E-state index is 13.1. The average molecular weight is 210 g/mol. The Balaban J connectivity index is 2.90. The minimum absolute atomic E-state index is 0.0988. The van der Waals surface area contributed by atoms with Gasteiger partial charge in [-0.3, -0.25) is 4.79 Å². The molecule has 0 heterocycles. The third kappa shape index (κ3) is 2.74. The number of nitriles is 1. The van der Waals surface area contributed by atoms with Crippen LogP contribution < -0.4 is 5.73 Å². The molecule has 0 aromatic heterocycles. The van der Waals surface area contributed by atoms with Gasteiger partial charge < -0.3 is 5.73 Å². The van der Waals surface area contributed by atoms with Gasteiger partial charge in [-0.1, -0.05) is 6.07 Å². The van der Waals surface area contributed by atoms with Crippen molar-refractivity contribution in [1.82, 2.24) is 0 Å². The fraction of sp³-hybridized carbons (Fsp3) is 0.200. The van der Waals surface area contributed by atoms with Gasteiger partial charge in [-0.05, 0) is 18.1 Å². The summed E-state index contributed by atoms with van der Waals surface area (Å²) in [6.07, 6.45) is -0.141. The van der Waals surface area contributed by atoms with E-state index in [1.54, 1.807) is 6.07 Å². The molecule has 15 heavy (non-hydrogen) atoms. The molecule has 3 nitrogen and oxygen atoms in total. The fourth-order valence-corrected chi connectivity index (χ4v) is 1.12. The number of amides is 1. The molecule has 2 N–H and O–H groups in total. The van der Waals surface area contributed by atoms with Crippen molar-refractivity contribution in [3.8, 4) is 6.07 Å². The molecular formula is C10H8F2N2O. The Morgan fingerprint density at radius 1 is 1.53 bits per heavy atom. The number of hydrogen-bond donors (Lipinski definition) is 1. The molecule has 5 heteroatoms. The van der Waals surface area contributed by atoms with Gasteiger partial charge in [0.1, 0.15) is 17.6 Å². The molecule has 0 spiro atoms. The van der Waals surface area contributed by atoms with Crippen molar-refractivity contribution in [1.29, 1.82) is 5.26 Å². The summed E-state index contributed by atoms with van der Waals surface area (Å²) >= 11 is 0. The molecule has 0 aliphatic heterocycles. The van der Waals surface area contributed by atoms with Crippen molar-refractivity contribution >= 4 is 5.91 Å². The summed E-state index contributed by atoms with van der Waals surface area (Å²) in [7, 11) is 0. The molecule has 0 aliphatic rings. The van der Waals surface area contributed by atoms with Gasteiger partial charge in [-0.25, -0.2) is 8.78 Å². The van der Waals surface area contributed by atoms with Crippen LogP contribution >= 0.6 is 0 Å². The number of benzene rings is 1. The van der Waals surface area contributed by atoms with E-state index in [-0.39, 0.29) is 12.0 Å². The minimum Gasteiger partial charge on any atom is -0.369 e. The molecule has 1 atom stereocenters. The molecule has 0 radical (unpaired) electrons. The van der Waals surface area contributed by atoms with E-state index in [2.05, 4.69) is 0 Å². The standard InChI is InChI=1S/C10H8F2N2O/c11-8-2-1-6(9(12)4-8)3-7(5-13)10(14)15/h1-2,4,7H,3H2,(H2,14,15). The molecule has 1 aromatic rings. The number of carbonyl (C=O) groups excluding carboxylic acids is 1. The molecule has 1 unspecified atom stereocenters. The van der Waals surface area contributed by atoms with Gasteiger partial charge in [0.2, 0.25) is 5.91 Å². The van der Waals surface area contributed by atoms with Gasteiger partial charge >= 0.3 is 0 Å². The van der Waals surface area contributed by atoms with Crippen LogP contribution in [0.25, 0.3) is 0 Å². The summed E-state index contributed by atoms with van der Waals surface area (Å²) in [5.74, 6) is -3.40. The summed E-state index contributed by atoms with van der Waals surface area (Å²) in [6, 6.07) is 4.61. The van der Waals surface area contributed by atoms with Crippen LogP contribution in [-0.2, 0) is 11.2 Å². The SMILES string of the molecule is N#CC(Cc1ccc(F)cc1F)C(N)=O. The monoisotopic (exact) mass is 210 g/mol. The van der Waals surface area contributed by atoms with E-state index in [0.717, 1.165) is 6.07 Å². The summed E-state index contributed by atoms with van der Waals surface area (Å²) in [5, 5.41) is 8.56. The van der Waals surface area contributed by atoms with Crippen molar-refractivity contribution in [2.24, 2.45) is 11.7 Å². The van der Waals surface area contributed by atoms with Crippen LogP contribution in [0.2, 0.25) is 0 Å². The maximum absolute atomic E-state index is 13.1. The first-order valence-corrected chi connectivity index (χ1v) is 4.17. The Morgan fingerprint density at radius 3 is 2.67 bits per heavy atom. The number of nitrogens with zero attached hydrogens (tertiary/aromatic N) is 1. The highest BCUT2D eigenvalue weighted by Crippen LogP contribution is 2.14. The van der Waals surface area contributed by atoms with E-state index in [1.165, 1.54) is 6.07 Å². The molecule has 0 bridgehead atoms. The van der Waals surface area contributed by atoms with E-state index in [9.17, 15) is 13.6 Å². The normalized spacial score (nSPS) is 11.8. The second-order valence-corrected chi connectivity index (χ2v) is 3.02. The predicted octanol–water partition coefficient (Wildman–Crippen LogP) is 1.13. The molecular weight excluding hydrogens is 202 g/mol. The lowest BCUT2D eigenvalue weighted by Crippen LogP contribution is -2.24. The zero-order chi connectivity index (χ0) is 11.4. The average Bonchev–Trinajstić information content (AvgIpc) is 2.16. The van der Waals surface area contributed by atoms with E-state index in [4.69, 9.17) is 11.0 Å². The van der Waals surface area contributed by atoms with Crippen LogP contribution in [-0.4, -0.2) is 5.91 Å². The van der Waals surface area contributed by atoms with E-state index in [0.29, 0.717) is 6.07 Å². The van der Waals surface area contributed by atoms with Crippen molar-refractivity contribution in [2.45, 2.75) is 6.42 Å². The first-order valence-electron chi connectivity index (χ1n) is 4.17. The van der Waals surface area contributed by atoms with Crippen molar-refractivity contribution in [3.63, 3.8) is 0 Å². The Bertz CT molecular complexity index is 426. The van der Waals surface area contributed by atoms with Crippen LogP contribution in [0.5, 0.6) is 0 Å². The minimum atomic E-state index is -1.09. The lowest BCUT2D eigenvalue weighted by molar-refractivity contribution is -0.120. The second-order valence-electron chi connectivity index (χ2n) is 3.02. The van der Waals surface area contributed by atoms with Crippen LogP contribution in [0.3, 0.4) is 0 Å². The largest absolute Gasteiger partial charge is 0.369 e. The third-order valence-electron chi connectivity index (χ3n) is 1.94. The lowest BCUT2D eigenvalue weighted by Gasteiger charge is -2.05. The van der Waals surface area contributed by atoms with Crippen molar-refractivity contribution in [2.75, 3.05) is 0 Å². The Labute approximate surface area is 85.1 Å². The topological polar surface area (TPSA) is 66.9 Å². The Kier molecular flexibility index (Phi) is 3.34.